The van der Waals surface area contributed by atoms with Crippen molar-refractivity contribution in [2.45, 2.75) is 9.79 Å². The van der Waals surface area contributed by atoms with Gasteiger partial charge < -0.3 is 0 Å². The molecule has 4 aromatic heterocycles. The van der Waals surface area contributed by atoms with Crippen molar-refractivity contribution in [1.29, 1.82) is 0 Å². The molecule has 0 radical (unpaired) electrons. The zero-order chi connectivity index (χ0) is 13.4. The maximum absolute atomic E-state index is 4.18. The Morgan fingerprint density at radius 1 is 0.750 bits per heavy atom. The normalized spacial score (nSPS) is 11.4. The third-order valence-electron chi connectivity index (χ3n) is 2.74. The van der Waals surface area contributed by atoms with Crippen LogP contribution in [-0.4, -0.2) is 29.2 Å². The number of fused-ring (bicyclic) bond motifs is 2. The summed E-state index contributed by atoms with van der Waals surface area (Å²) in [6, 6.07) is 8.07. The van der Waals surface area contributed by atoms with E-state index < -0.39 is 0 Å². The quantitative estimate of drug-likeness (QED) is 0.542. The summed E-state index contributed by atoms with van der Waals surface area (Å²) < 4.78 is 3.49. The zero-order valence-electron chi connectivity index (χ0n) is 10.1. The first-order valence-corrected chi connectivity index (χ1v) is 7.97. The molecule has 0 saturated heterocycles. The third-order valence-corrected chi connectivity index (χ3v) is 5.12. The van der Waals surface area contributed by atoms with Crippen LogP contribution in [0.4, 0.5) is 0 Å². The van der Waals surface area contributed by atoms with E-state index in [1.54, 1.807) is 43.3 Å². The van der Waals surface area contributed by atoms with E-state index in [0.29, 0.717) is 0 Å². The summed E-state index contributed by atoms with van der Waals surface area (Å²) >= 11 is 0. The summed E-state index contributed by atoms with van der Waals surface area (Å²) in [4.78, 5) is 10.6. The number of hydrogen-bond donors (Lipinski definition) is 0. The number of aromatic nitrogens is 6. The Hall–Kier alpha value is -2.06. The maximum atomic E-state index is 4.18. The molecule has 4 rings (SSSR count). The summed E-state index contributed by atoms with van der Waals surface area (Å²) in [5, 5.41) is 8.16. The molecule has 0 aromatic carbocycles. The van der Waals surface area contributed by atoms with E-state index in [2.05, 4.69) is 20.2 Å². The van der Waals surface area contributed by atoms with Crippen molar-refractivity contribution in [2.24, 2.45) is 0 Å². The molecule has 6 nitrogen and oxygen atoms in total. The van der Waals surface area contributed by atoms with Crippen LogP contribution in [0.25, 0.3) is 11.3 Å². The molecule has 0 spiro atoms. The molecule has 20 heavy (non-hydrogen) atoms. The van der Waals surface area contributed by atoms with Crippen LogP contribution in [0.1, 0.15) is 0 Å². The van der Waals surface area contributed by atoms with Crippen LogP contribution in [0.15, 0.2) is 59.1 Å². The Labute approximate surface area is 121 Å². The fraction of sp³-hybridized carbons (Fsp3) is 0. The highest BCUT2D eigenvalue weighted by molar-refractivity contribution is 8.76. The second-order valence-electron chi connectivity index (χ2n) is 4.02. The molecular formula is C12H8N6S2. The highest BCUT2D eigenvalue weighted by Gasteiger charge is 2.02. The molecule has 0 bridgehead atoms. The van der Waals surface area contributed by atoms with Crippen LogP contribution in [0, 0.1) is 0 Å². The second kappa shape index (κ2) is 4.80. The Balaban J connectivity index is 1.56. The van der Waals surface area contributed by atoms with Gasteiger partial charge in [0.1, 0.15) is 12.7 Å². The highest BCUT2D eigenvalue weighted by Crippen LogP contribution is 2.37. The van der Waals surface area contributed by atoms with Gasteiger partial charge in [-0.25, -0.2) is 19.0 Å². The van der Waals surface area contributed by atoms with E-state index in [4.69, 9.17) is 0 Å². The average molecular weight is 300 g/mol. The van der Waals surface area contributed by atoms with Crippen LogP contribution < -0.4 is 0 Å². The lowest BCUT2D eigenvalue weighted by atomic mass is 10.5. The zero-order valence-corrected chi connectivity index (χ0v) is 11.8. The van der Waals surface area contributed by atoms with Crippen LogP contribution in [-0.2, 0) is 0 Å². The van der Waals surface area contributed by atoms with Crippen molar-refractivity contribution >= 4 is 32.9 Å². The first kappa shape index (κ1) is 11.7. The number of pyridine rings is 2. The smallest absolute Gasteiger partial charge is 0.156 e. The van der Waals surface area contributed by atoms with E-state index in [-0.39, 0.29) is 0 Å². The molecule has 0 aliphatic carbocycles. The lowest BCUT2D eigenvalue weighted by molar-refractivity contribution is 0.953. The van der Waals surface area contributed by atoms with E-state index in [1.165, 1.54) is 0 Å². The van der Waals surface area contributed by atoms with Gasteiger partial charge in [-0.2, -0.15) is 10.2 Å². The first-order valence-electron chi connectivity index (χ1n) is 5.82. The highest BCUT2D eigenvalue weighted by atomic mass is 33.1. The van der Waals surface area contributed by atoms with E-state index in [1.807, 2.05) is 36.7 Å². The van der Waals surface area contributed by atoms with Crippen molar-refractivity contribution in [3.05, 3.63) is 49.3 Å². The van der Waals surface area contributed by atoms with Crippen LogP contribution >= 0.6 is 21.6 Å². The molecule has 4 aromatic rings. The van der Waals surface area contributed by atoms with Gasteiger partial charge in [-0.15, -0.1) is 0 Å². The Morgan fingerprint density at radius 3 is 1.75 bits per heavy atom. The monoisotopic (exact) mass is 300 g/mol. The van der Waals surface area contributed by atoms with Crippen molar-refractivity contribution in [2.75, 3.05) is 0 Å². The largest absolute Gasteiger partial charge is 0.221 e. The molecule has 4 heterocycles. The van der Waals surface area contributed by atoms with E-state index in [0.717, 1.165) is 21.1 Å². The molecule has 0 unspecified atom stereocenters. The average Bonchev–Trinajstić information content (AvgIpc) is 3.12. The summed E-state index contributed by atoms with van der Waals surface area (Å²) in [6.07, 6.45) is 6.92. The van der Waals surface area contributed by atoms with Gasteiger partial charge in [0, 0.05) is 22.2 Å². The molecule has 0 saturated carbocycles. The Morgan fingerprint density at radius 2 is 1.25 bits per heavy atom. The van der Waals surface area contributed by atoms with Crippen molar-refractivity contribution < 1.29 is 0 Å². The second-order valence-corrected chi connectivity index (χ2v) is 6.29. The summed E-state index contributed by atoms with van der Waals surface area (Å²) in [5.41, 5.74) is 1.70. The SMILES string of the molecule is c1nc2cc(SSc3ccn4ncnc4c3)ccn2n1. The standard InChI is InChI=1S/C12H8N6S2/c1-3-17-11(13-7-15-17)5-9(1)19-20-10-2-4-18-12(6-10)14-8-16-18/h1-8H. The minimum absolute atomic E-state index is 0.850. The van der Waals surface area contributed by atoms with Crippen LogP contribution in [0.3, 0.4) is 0 Å². The predicted octanol–water partition coefficient (Wildman–Crippen LogP) is 2.57. The lowest BCUT2D eigenvalue weighted by Gasteiger charge is -2.02. The molecule has 0 amide bonds. The van der Waals surface area contributed by atoms with Gasteiger partial charge in [-0.1, -0.05) is 21.6 Å². The van der Waals surface area contributed by atoms with Crippen molar-refractivity contribution in [1.82, 2.24) is 29.2 Å². The molecule has 0 aliphatic heterocycles. The van der Waals surface area contributed by atoms with Crippen LogP contribution in [0.5, 0.6) is 0 Å². The van der Waals surface area contributed by atoms with Gasteiger partial charge in [0.25, 0.3) is 0 Å². The lowest BCUT2D eigenvalue weighted by Crippen LogP contribution is -1.86. The van der Waals surface area contributed by atoms with Crippen molar-refractivity contribution in [3.63, 3.8) is 0 Å². The maximum Gasteiger partial charge on any atom is 0.156 e. The molecule has 8 heteroatoms. The van der Waals surface area contributed by atoms with E-state index >= 15 is 0 Å². The first-order chi connectivity index (χ1) is 9.88. The molecule has 0 atom stereocenters. The number of rotatable bonds is 3. The Bertz CT molecular complexity index is 810. The summed E-state index contributed by atoms with van der Waals surface area (Å²) in [7, 11) is 3.36. The van der Waals surface area contributed by atoms with Gasteiger partial charge in [0.15, 0.2) is 11.3 Å². The summed E-state index contributed by atoms with van der Waals surface area (Å²) in [6.45, 7) is 0. The summed E-state index contributed by atoms with van der Waals surface area (Å²) in [5.74, 6) is 0. The van der Waals surface area contributed by atoms with E-state index in [9.17, 15) is 0 Å². The van der Waals surface area contributed by atoms with Gasteiger partial charge in [0.2, 0.25) is 0 Å². The fourth-order valence-electron chi connectivity index (χ4n) is 1.79. The molecule has 98 valence electrons. The molecule has 0 fully saturated rings. The molecular weight excluding hydrogens is 292 g/mol. The number of hydrogen-bond acceptors (Lipinski definition) is 6. The van der Waals surface area contributed by atoms with Gasteiger partial charge >= 0.3 is 0 Å². The third kappa shape index (κ3) is 2.12. The predicted molar refractivity (Wildman–Crippen MR) is 77.7 cm³/mol. The molecule has 0 aliphatic rings. The van der Waals surface area contributed by atoms with Gasteiger partial charge in [0.05, 0.1) is 0 Å². The topological polar surface area (TPSA) is 60.4 Å². The number of nitrogens with zero attached hydrogens (tertiary/aromatic N) is 6. The van der Waals surface area contributed by atoms with Crippen molar-refractivity contribution in [3.8, 4) is 0 Å². The van der Waals surface area contributed by atoms with Crippen LogP contribution in [0.2, 0.25) is 0 Å². The Kier molecular flexibility index (Phi) is 2.82. The minimum atomic E-state index is 0.850. The fourth-order valence-corrected chi connectivity index (χ4v) is 3.72. The van der Waals surface area contributed by atoms with Gasteiger partial charge in [-0.05, 0) is 24.3 Å². The van der Waals surface area contributed by atoms with Gasteiger partial charge in [-0.3, -0.25) is 0 Å². The molecule has 0 N–H and O–H groups in total. The minimum Gasteiger partial charge on any atom is -0.221 e.